The summed E-state index contributed by atoms with van der Waals surface area (Å²) in [5.41, 5.74) is 0.923. The Balaban J connectivity index is 1.82. The van der Waals surface area contributed by atoms with Gasteiger partial charge in [0, 0.05) is 18.3 Å². The summed E-state index contributed by atoms with van der Waals surface area (Å²) in [6.07, 6.45) is 0. The minimum atomic E-state index is -3.70. The summed E-state index contributed by atoms with van der Waals surface area (Å²) in [7, 11) is 0.124. The summed E-state index contributed by atoms with van der Waals surface area (Å²) < 4.78 is 36.0. The number of rotatable bonds is 7. The van der Waals surface area contributed by atoms with E-state index in [1.807, 2.05) is 0 Å². The number of thiophene rings is 1. The fourth-order valence-corrected chi connectivity index (χ4v) is 5.24. The Hall–Kier alpha value is -3.70. The molecule has 0 aliphatic heterocycles. The lowest BCUT2D eigenvalue weighted by Gasteiger charge is -2.18. The molecule has 1 heterocycles. The maximum atomic E-state index is 12.7. The number of anilines is 2. The predicted molar refractivity (Wildman–Crippen MR) is 123 cm³/mol. The van der Waals surface area contributed by atoms with Crippen LogP contribution < -0.4 is 9.62 Å². The molecule has 3 aromatic rings. The van der Waals surface area contributed by atoms with Crippen molar-refractivity contribution in [2.75, 3.05) is 30.9 Å². The smallest absolute Gasteiger partial charge is 0.337 e. The molecule has 0 atom stereocenters. The first kappa shape index (κ1) is 24.0. The van der Waals surface area contributed by atoms with Crippen LogP contribution in [0.4, 0.5) is 11.4 Å². The van der Waals surface area contributed by atoms with E-state index in [1.165, 1.54) is 69.8 Å². The summed E-state index contributed by atoms with van der Waals surface area (Å²) in [6, 6.07) is 13.1. The Morgan fingerprint density at radius 3 is 1.94 bits per heavy atom. The number of nitrogens with zero attached hydrogens (tertiary/aromatic N) is 1. The van der Waals surface area contributed by atoms with Crippen LogP contribution in [0.1, 0.15) is 31.1 Å². The Kier molecular flexibility index (Phi) is 7.14. The van der Waals surface area contributed by atoms with Gasteiger partial charge in [0.25, 0.3) is 15.9 Å². The topological polar surface area (TPSA) is 119 Å². The average molecular weight is 489 g/mol. The molecule has 0 saturated heterocycles. The van der Waals surface area contributed by atoms with E-state index in [1.54, 1.807) is 11.4 Å². The molecule has 0 spiro atoms. The molecule has 11 heteroatoms. The zero-order valence-corrected chi connectivity index (χ0v) is 19.5. The van der Waals surface area contributed by atoms with Crippen LogP contribution >= 0.6 is 11.3 Å². The van der Waals surface area contributed by atoms with Crippen molar-refractivity contribution in [2.24, 2.45) is 0 Å². The number of amides is 1. The van der Waals surface area contributed by atoms with E-state index < -0.39 is 27.9 Å². The second-order valence-electron chi connectivity index (χ2n) is 6.69. The predicted octanol–water partition coefficient (Wildman–Crippen LogP) is 3.40. The molecule has 0 fully saturated rings. The van der Waals surface area contributed by atoms with Gasteiger partial charge in [0.1, 0.15) is 4.21 Å². The molecule has 0 aliphatic carbocycles. The van der Waals surface area contributed by atoms with Crippen molar-refractivity contribution in [3.8, 4) is 0 Å². The SMILES string of the molecule is COC(=O)c1cc(NC(=O)c2ccc(N(C)S(=O)(=O)c3cccs3)cc2)cc(C(=O)OC)c1. The molecule has 0 aliphatic rings. The molecule has 33 heavy (non-hydrogen) atoms. The first-order chi connectivity index (χ1) is 15.7. The van der Waals surface area contributed by atoms with E-state index in [0.717, 1.165) is 15.6 Å². The van der Waals surface area contributed by atoms with Crippen molar-refractivity contribution in [3.05, 3.63) is 76.7 Å². The normalized spacial score (nSPS) is 10.9. The number of benzene rings is 2. The van der Waals surface area contributed by atoms with Crippen LogP contribution in [-0.2, 0) is 19.5 Å². The van der Waals surface area contributed by atoms with Gasteiger partial charge in [-0.2, -0.15) is 0 Å². The summed E-state index contributed by atoms with van der Waals surface area (Å²) in [4.78, 5) is 36.5. The number of esters is 2. The van der Waals surface area contributed by atoms with Gasteiger partial charge >= 0.3 is 11.9 Å². The largest absolute Gasteiger partial charge is 0.465 e. The van der Waals surface area contributed by atoms with E-state index in [9.17, 15) is 22.8 Å². The molecule has 1 amide bonds. The zero-order valence-electron chi connectivity index (χ0n) is 17.9. The van der Waals surface area contributed by atoms with Gasteiger partial charge < -0.3 is 14.8 Å². The molecule has 9 nitrogen and oxygen atoms in total. The highest BCUT2D eigenvalue weighted by atomic mass is 32.2. The van der Waals surface area contributed by atoms with Crippen molar-refractivity contribution in [2.45, 2.75) is 4.21 Å². The maximum absolute atomic E-state index is 12.7. The van der Waals surface area contributed by atoms with Crippen molar-refractivity contribution >= 4 is 50.6 Å². The lowest BCUT2D eigenvalue weighted by molar-refractivity contribution is 0.0598. The van der Waals surface area contributed by atoms with E-state index in [2.05, 4.69) is 14.8 Å². The summed E-state index contributed by atoms with van der Waals surface area (Å²) in [6.45, 7) is 0. The van der Waals surface area contributed by atoms with Gasteiger partial charge in [-0.3, -0.25) is 9.10 Å². The zero-order chi connectivity index (χ0) is 24.2. The van der Waals surface area contributed by atoms with Crippen LogP contribution in [0.15, 0.2) is 64.2 Å². The summed E-state index contributed by atoms with van der Waals surface area (Å²) >= 11 is 1.11. The second-order valence-corrected chi connectivity index (χ2v) is 9.83. The van der Waals surface area contributed by atoms with E-state index >= 15 is 0 Å². The second kappa shape index (κ2) is 9.84. The Morgan fingerprint density at radius 2 is 1.45 bits per heavy atom. The van der Waals surface area contributed by atoms with Gasteiger partial charge in [-0.15, -0.1) is 11.3 Å². The highest BCUT2D eigenvalue weighted by Crippen LogP contribution is 2.25. The van der Waals surface area contributed by atoms with Gasteiger partial charge in [-0.25, -0.2) is 18.0 Å². The number of carbonyl (C=O) groups excluding carboxylic acids is 3. The molecular weight excluding hydrogens is 468 g/mol. The van der Waals surface area contributed by atoms with Crippen molar-refractivity contribution in [3.63, 3.8) is 0 Å². The van der Waals surface area contributed by atoms with E-state index in [4.69, 9.17) is 0 Å². The monoisotopic (exact) mass is 488 g/mol. The molecule has 1 N–H and O–H groups in total. The van der Waals surface area contributed by atoms with Gasteiger partial charge in [0.05, 0.1) is 31.0 Å². The molecule has 1 aromatic heterocycles. The Bertz CT molecular complexity index is 1250. The third-order valence-electron chi connectivity index (χ3n) is 4.64. The molecule has 0 bridgehead atoms. The Labute approximate surface area is 194 Å². The molecule has 3 rings (SSSR count). The number of sulfonamides is 1. The quantitative estimate of drug-likeness (QED) is 0.506. The minimum absolute atomic E-state index is 0.0615. The first-order valence-corrected chi connectivity index (χ1v) is 11.7. The van der Waals surface area contributed by atoms with Gasteiger partial charge in [-0.05, 0) is 53.9 Å². The van der Waals surface area contributed by atoms with Crippen LogP contribution in [0.3, 0.4) is 0 Å². The fraction of sp³-hybridized carbons (Fsp3) is 0.136. The number of carbonyl (C=O) groups is 3. The summed E-state index contributed by atoms with van der Waals surface area (Å²) in [5, 5.41) is 4.29. The van der Waals surface area contributed by atoms with Crippen molar-refractivity contribution < 1.29 is 32.3 Å². The van der Waals surface area contributed by atoms with Crippen LogP contribution in [0.2, 0.25) is 0 Å². The van der Waals surface area contributed by atoms with Gasteiger partial charge in [-0.1, -0.05) is 6.07 Å². The molecule has 0 unspecified atom stereocenters. The third-order valence-corrected chi connectivity index (χ3v) is 7.79. The molecule has 172 valence electrons. The van der Waals surface area contributed by atoms with E-state index in [-0.39, 0.29) is 26.6 Å². The lowest BCUT2D eigenvalue weighted by atomic mass is 10.1. The van der Waals surface area contributed by atoms with Crippen molar-refractivity contribution in [1.82, 2.24) is 0 Å². The molecule has 0 saturated carbocycles. The average Bonchev–Trinajstić information content (AvgIpc) is 3.38. The maximum Gasteiger partial charge on any atom is 0.337 e. The van der Waals surface area contributed by atoms with Crippen LogP contribution in [0, 0.1) is 0 Å². The van der Waals surface area contributed by atoms with Crippen LogP contribution in [-0.4, -0.2) is 47.5 Å². The number of hydrogen-bond donors (Lipinski definition) is 1. The third kappa shape index (κ3) is 5.21. The number of methoxy groups -OCH3 is 2. The highest BCUT2D eigenvalue weighted by Gasteiger charge is 2.22. The number of hydrogen-bond acceptors (Lipinski definition) is 8. The molecule has 2 aromatic carbocycles. The molecule has 0 radical (unpaired) electrons. The standard InChI is InChI=1S/C22H20N2O7S2/c1-24(33(28,29)19-5-4-10-32-19)18-8-6-14(7-9-18)20(25)23-17-12-15(21(26)30-2)11-16(13-17)22(27)31-3/h4-13H,1-3H3,(H,23,25). The van der Waals surface area contributed by atoms with Gasteiger partial charge in [0.15, 0.2) is 0 Å². The van der Waals surface area contributed by atoms with E-state index in [0.29, 0.717) is 5.69 Å². The number of nitrogens with one attached hydrogen (secondary N) is 1. The van der Waals surface area contributed by atoms with Crippen molar-refractivity contribution in [1.29, 1.82) is 0 Å². The summed E-state index contributed by atoms with van der Waals surface area (Å²) in [5.74, 6) is -1.89. The lowest BCUT2D eigenvalue weighted by Crippen LogP contribution is -2.25. The fourth-order valence-electron chi connectivity index (χ4n) is 2.88. The number of ether oxygens (including phenoxy) is 2. The van der Waals surface area contributed by atoms with Crippen LogP contribution in [0.25, 0.3) is 0 Å². The minimum Gasteiger partial charge on any atom is -0.465 e. The molecular formula is C22H20N2O7S2. The Morgan fingerprint density at radius 1 is 0.879 bits per heavy atom. The van der Waals surface area contributed by atoms with Crippen LogP contribution in [0.5, 0.6) is 0 Å². The highest BCUT2D eigenvalue weighted by molar-refractivity contribution is 7.94. The van der Waals surface area contributed by atoms with Gasteiger partial charge in [0.2, 0.25) is 0 Å². The first-order valence-electron chi connectivity index (χ1n) is 9.43.